The molecule has 1 aliphatic rings. The molecule has 148 valence electrons. The number of carbonyl (C=O) groups is 2. The molecule has 7 nitrogen and oxygen atoms in total. The van der Waals surface area contributed by atoms with Gasteiger partial charge in [-0.15, -0.1) is 10.2 Å². The van der Waals surface area contributed by atoms with E-state index in [0.717, 1.165) is 17.5 Å². The van der Waals surface area contributed by atoms with Gasteiger partial charge in [-0.1, -0.05) is 48.5 Å². The first-order chi connectivity index (χ1) is 14.1. The third-order valence-corrected chi connectivity index (χ3v) is 5.09. The Balaban J connectivity index is 1.40. The molecule has 0 unspecified atom stereocenters. The van der Waals surface area contributed by atoms with Gasteiger partial charge in [-0.25, -0.2) is 0 Å². The Kier molecular flexibility index (Phi) is 5.37. The zero-order valence-corrected chi connectivity index (χ0v) is 16.2. The van der Waals surface area contributed by atoms with Crippen molar-refractivity contribution in [3.05, 3.63) is 72.1 Å². The highest BCUT2D eigenvalue weighted by atomic mass is 16.4. The lowest BCUT2D eigenvalue weighted by molar-refractivity contribution is -0.156. The summed E-state index contributed by atoms with van der Waals surface area (Å²) >= 11 is 0. The second-order valence-corrected chi connectivity index (χ2v) is 7.06. The molecule has 0 saturated carbocycles. The number of nitrogens with zero attached hydrogens (tertiary/aromatic N) is 4. The molecule has 0 radical (unpaired) electrons. The van der Waals surface area contributed by atoms with Crippen LogP contribution in [-0.4, -0.2) is 50.9 Å². The average Bonchev–Trinajstić information content (AvgIpc) is 3.23. The van der Waals surface area contributed by atoms with Gasteiger partial charge in [-0.05, 0) is 31.0 Å². The molecule has 0 aliphatic carbocycles. The molecule has 7 heteroatoms. The van der Waals surface area contributed by atoms with Crippen LogP contribution in [0.25, 0.3) is 11.5 Å². The first kappa shape index (κ1) is 18.9. The molecule has 1 fully saturated rings. The Bertz CT molecular complexity index is 988. The Morgan fingerprint density at radius 2 is 1.69 bits per heavy atom. The van der Waals surface area contributed by atoms with Gasteiger partial charge >= 0.3 is 0 Å². The minimum Gasteiger partial charge on any atom is -0.419 e. The minimum atomic E-state index is -0.570. The van der Waals surface area contributed by atoms with Crippen LogP contribution in [0, 0.1) is 0 Å². The summed E-state index contributed by atoms with van der Waals surface area (Å²) in [6, 6.07) is 18.8. The number of hydrogen-bond donors (Lipinski definition) is 0. The van der Waals surface area contributed by atoms with Crippen LogP contribution in [0.1, 0.15) is 18.4 Å². The van der Waals surface area contributed by atoms with E-state index in [1.807, 2.05) is 60.7 Å². The summed E-state index contributed by atoms with van der Waals surface area (Å²) in [6.45, 7) is 2.45. The number of aromatic nitrogens is 2. The Morgan fingerprint density at radius 1 is 1.00 bits per heavy atom. The predicted octanol–water partition coefficient (Wildman–Crippen LogP) is 2.54. The maximum absolute atomic E-state index is 12.8. The highest BCUT2D eigenvalue weighted by Crippen LogP contribution is 2.20. The number of benzene rings is 2. The van der Waals surface area contributed by atoms with Crippen LogP contribution in [-0.2, 0) is 22.6 Å². The number of piperazine rings is 1. The molecule has 1 atom stereocenters. The minimum absolute atomic E-state index is 0.0652. The van der Waals surface area contributed by atoms with E-state index < -0.39 is 6.04 Å². The summed E-state index contributed by atoms with van der Waals surface area (Å²) in [5.41, 5.74) is 1.95. The highest BCUT2D eigenvalue weighted by molar-refractivity contribution is 5.94. The van der Waals surface area contributed by atoms with E-state index >= 15 is 0 Å². The lowest BCUT2D eigenvalue weighted by Gasteiger charge is -2.38. The van der Waals surface area contributed by atoms with Crippen molar-refractivity contribution in [1.82, 2.24) is 20.0 Å². The standard InChI is InChI=1S/C22H22N4O3/c1-16-22(28)25(13-12-17-8-4-2-5-9-17)15-20(27)26(16)14-19-23-24-21(29-19)18-10-6-3-7-11-18/h2-11,16H,12-15H2,1H3/t16-/m1/s1. The fourth-order valence-corrected chi connectivity index (χ4v) is 3.43. The zero-order valence-electron chi connectivity index (χ0n) is 16.2. The van der Waals surface area contributed by atoms with Crippen molar-refractivity contribution in [3.63, 3.8) is 0 Å². The third kappa shape index (κ3) is 4.18. The molecular weight excluding hydrogens is 368 g/mol. The van der Waals surface area contributed by atoms with E-state index in [4.69, 9.17) is 4.42 Å². The van der Waals surface area contributed by atoms with Crippen molar-refractivity contribution in [1.29, 1.82) is 0 Å². The highest BCUT2D eigenvalue weighted by Gasteiger charge is 2.37. The van der Waals surface area contributed by atoms with Crippen LogP contribution < -0.4 is 0 Å². The van der Waals surface area contributed by atoms with Crippen molar-refractivity contribution in [2.24, 2.45) is 0 Å². The molecule has 0 bridgehead atoms. The summed E-state index contributed by atoms with van der Waals surface area (Å²) in [7, 11) is 0. The first-order valence-corrected chi connectivity index (χ1v) is 9.62. The second-order valence-electron chi connectivity index (χ2n) is 7.06. The van der Waals surface area contributed by atoms with Crippen LogP contribution >= 0.6 is 0 Å². The molecule has 29 heavy (non-hydrogen) atoms. The first-order valence-electron chi connectivity index (χ1n) is 9.62. The molecule has 2 aromatic carbocycles. The van der Waals surface area contributed by atoms with E-state index in [2.05, 4.69) is 10.2 Å². The zero-order chi connectivity index (χ0) is 20.2. The van der Waals surface area contributed by atoms with Gasteiger partial charge in [-0.3, -0.25) is 9.59 Å². The van der Waals surface area contributed by atoms with Gasteiger partial charge in [0.2, 0.25) is 23.6 Å². The van der Waals surface area contributed by atoms with E-state index in [-0.39, 0.29) is 24.9 Å². The van der Waals surface area contributed by atoms with Crippen LogP contribution in [0.15, 0.2) is 65.1 Å². The van der Waals surface area contributed by atoms with E-state index in [9.17, 15) is 9.59 Å². The second kappa shape index (κ2) is 8.26. The molecule has 1 saturated heterocycles. The largest absolute Gasteiger partial charge is 0.419 e. The smallest absolute Gasteiger partial charge is 0.247 e. The van der Waals surface area contributed by atoms with Gasteiger partial charge in [0, 0.05) is 12.1 Å². The maximum atomic E-state index is 12.8. The molecule has 0 spiro atoms. The van der Waals surface area contributed by atoms with Crippen molar-refractivity contribution in [3.8, 4) is 11.5 Å². The van der Waals surface area contributed by atoms with E-state index in [1.54, 1.807) is 11.8 Å². The summed E-state index contributed by atoms with van der Waals surface area (Å²) in [5, 5.41) is 8.09. The van der Waals surface area contributed by atoms with E-state index in [0.29, 0.717) is 18.3 Å². The fraction of sp³-hybridized carbons (Fsp3) is 0.273. The predicted molar refractivity (Wildman–Crippen MR) is 106 cm³/mol. The number of rotatable bonds is 6. The average molecular weight is 390 g/mol. The van der Waals surface area contributed by atoms with Crippen LogP contribution in [0.3, 0.4) is 0 Å². The lowest BCUT2D eigenvalue weighted by Crippen LogP contribution is -2.58. The molecular formula is C22H22N4O3. The topological polar surface area (TPSA) is 79.5 Å². The summed E-state index contributed by atoms with van der Waals surface area (Å²) in [4.78, 5) is 28.6. The number of amides is 2. The van der Waals surface area contributed by atoms with Crippen molar-refractivity contribution in [2.75, 3.05) is 13.1 Å². The Hall–Kier alpha value is -3.48. The molecule has 1 aliphatic heterocycles. The fourth-order valence-electron chi connectivity index (χ4n) is 3.43. The summed E-state index contributed by atoms with van der Waals surface area (Å²) in [5.74, 6) is 0.524. The number of hydrogen-bond acceptors (Lipinski definition) is 5. The monoisotopic (exact) mass is 390 g/mol. The van der Waals surface area contributed by atoms with Crippen molar-refractivity contribution >= 4 is 11.8 Å². The van der Waals surface area contributed by atoms with Gasteiger partial charge in [0.15, 0.2) is 0 Å². The lowest BCUT2D eigenvalue weighted by atomic mass is 10.1. The van der Waals surface area contributed by atoms with Gasteiger partial charge < -0.3 is 14.2 Å². The number of carbonyl (C=O) groups excluding carboxylic acids is 2. The van der Waals surface area contributed by atoms with Gasteiger partial charge in [0.05, 0.1) is 13.1 Å². The van der Waals surface area contributed by atoms with Crippen LogP contribution in [0.5, 0.6) is 0 Å². The Morgan fingerprint density at radius 3 is 2.41 bits per heavy atom. The summed E-state index contributed by atoms with van der Waals surface area (Å²) in [6.07, 6.45) is 0.719. The molecule has 2 amide bonds. The van der Waals surface area contributed by atoms with Crippen molar-refractivity contribution in [2.45, 2.75) is 25.9 Å². The normalized spacial score (nSPS) is 17.1. The summed E-state index contributed by atoms with van der Waals surface area (Å²) < 4.78 is 5.70. The van der Waals surface area contributed by atoms with E-state index in [1.165, 1.54) is 4.90 Å². The quantitative estimate of drug-likeness (QED) is 0.646. The van der Waals surface area contributed by atoms with Gasteiger partial charge in [0.25, 0.3) is 0 Å². The third-order valence-electron chi connectivity index (χ3n) is 5.09. The molecule has 1 aromatic heterocycles. The molecule has 3 aromatic rings. The van der Waals surface area contributed by atoms with Crippen LogP contribution in [0.4, 0.5) is 0 Å². The maximum Gasteiger partial charge on any atom is 0.247 e. The molecule has 0 N–H and O–H groups in total. The molecule has 4 rings (SSSR count). The van der Waals surface area contributed by atoms with Gasteiger partial charge in [0.1, 0.15) is 6.04 Å². The van der Waals surface area contributed by atoms with Crippen LogP contribution in [0.2, 0.25) is 0 Å². The molecule has 2 heterocycles. The SMILES string of the molecule is C[C@@H]1C(=O)N(CCc2ccccc2)CC(=O)N1Cc1nnc(-c2ccccc2)o1. The van der Waals surface area contributed by atoms with Gasteiger partial charge in [-0.2, -0.15) is 0 Å². The van der Waals surface area contributed by atoms with Crippen molar-refractivity contribution < 1.29 is 14.0 Å². The Labute approximate surface area is 169 Å².